The molecule has 0 aromatic rings. The number of unbranched alkanes of at least 4 members (excludes halogenated alkanes) is 1. The van der Waals surface area contributed by atoms with Crippen molar-refractivity contribution in [2.75, 3.05) is 26.7 Å². The number of hydrogen-bond donors (Lipinski definition) is 1. The van der Waals surface area contributed by atoms with Crippen LogP contribution in [0.15, 0.2) is 11.1 Å². The van der Waals surface area contributed by atoms with Crippen LogP contribution in [0, 0.1) is 0 Å². The summed E-state index contributed by atoms with van der Waals surface area (Å²) >= 11 is 0. The summed E-state index contributed by atoms with van der Waals surface area (Å²) in [5, 5.41) is 3.02. The fraction of sp³-hybridized carbons (Fsp3) is 0.800. The molecule has 1 aliphatic heterocycles. The maximum Gasteiger partial charge on any atom is 0.335 e. The minimum atomic E-state index is -0.667. The molecular formula is C20H34N2O3. The fourth-order valence-electron chi connectivity index (χ4n) is 3.96. The predicted molar refractivity (Wildman–Crippen MR) is 99.3 cm³/mol. The summed E-state index contributed by atoms with van der Waals surface area (Å²) in [5.41, 5.74) is 0.429. The van der Waals surface area contributed by atoms with Crippen LogP contribution in [0.5, 0.6) is 0 Å². The van der Waals surface area contributed by atoms with Crippen molar-refractivity contribution >= 4 is 11.9 Å². The average molecular weight is 351 g/mol. The number of hydrogen-bond acceptors (Lipinski definition) is 4. The predicted octanol–water partition coefficient (Wildman–Crippen LogP) is 3.19. The number of rotatable bonds is 8. The van der Waals surface area contributed by atoms with Gasteiger partial charge in [0.05, 0.1) is 5.57 Å². The second-order valence-electron chi connectivity index (χ2n) is 7.56. The molecule has 5 heteroatoms. The van der Waals surface area contributed by atoms with Gasteiger partial charge in [0.15, 0.2) is 0 Å². The smallest absolute Gasteiger partial charge is 0.335 e. The average Bonchev–Trinajstić information content (AvgIpc) is 2.73. The van der Waals surface area contributed by atoms with Crippen LogP contribution in [0.25, 0.3) is 0 Å². The van der Waals surface area contributed by atoms with E-state index in [-0.39, 0.29) is 11.9 Å². The highest BCUT2D eigenvalue weighted by Gasteiger charge is 2.48. The van der Waals surface area contributed by atoms with Gasteiger partial charge in [-0.05, 0) is 65.6 Å². The van der Waals surface area contributed by atoms with Gasteiger partial charge in [0, 0.05) is 12.1 Å². The third-order valence-corrected chi connectivity index (χ3v) is 5.46. The number of nitrogens with one attached hydrogen (secondary N) is 1. The van der Waals surface area contributed by atoms with Crippen molar-refractivity contribution in [2.45, 2.75) is 77.2 Å². The maximum atomic E-state index is 12.8. The van der Waals surface area contributed by atoms with Gasteiger partial charge in [0.2, 0.25) is 0 Å². The summed E-state index contributed by atoms with van der Waals surface area (Å²) in [5.74, 6) is -0.423. The van der Waals surface area contributed by atoms with E-state index in [0.717, 1.165) is 58.0 Å². The van der Waals surface area contributed by atoms with Crippen molar-refractivity contribution in [3.05, 3.63) is 11.1 Å². The Kier molecular flexibility index (Phi) is 7.48. The largest absolute Gasteiger partial charge is 0.451 e. The number of esters is 1. The molecule has 0 radical (unpaired) electrons. The Morgan fingerprint density at radius 2 is 1.80 bits per heavy atom. The molecule has 0 atom stereocenters. The van der Waals surface area contributed by atoms with Crippen LogP contribution in [-0.4, -0.2) is 49.1 Å². The Labute approximate surface area is 152 Å². The first-order valence-electron chi connectivity index (χ1n) is 9.91. The lowest BCUT2D eigenvalue weighted by molar-refractivity contribution is -0.148. The topological polar surface area (TPSA) is 58.6 Å². The van der Waals surface area contributed by atoms with E-state index in [1.54, 1.807) is 6.92 Å². The van der Waals surface area contributed by atoms with Crippen molar-refractivity contribution < 1.29 is 14.3 Å². The van der Waals surface area contributed by atoms with Gasteiger partial charge in [-0.1, -0.05) is 26.2 Å². The molecule has 5 nitrogen and oxygen atoms in total. The summed E-state index contributed by atoms with van der Waals surface area (Å²) in [6.07, 6.45) is 9.20. The maximum absolute atomic E-state index is 12.8. The van der Waals surface area contributed by atoms with Crippen molar-refractivity contribution in [1.29, 1.82) is 0 Å². The molecule has 1 spiro atoms. The van der Waals surface area contributed by atoms with Gasteiger partial charge in [0.1, 0.15) is 5.60 Å². The third-order valence-electron chi connectivity index (χ3n) is 5.46. The second-order valence-corrected chi connectivity index (χ2v) is 7.56. The van der Waals surface area contributed by atoms with Gasteiger partial charge in [-0.2, -0.15) is 0 Å². The molecule has 0 aromatic carbocycles. The number of carbonyl (C=O) groups excluding carboxylic acids is 2. The summed E-state index contributed by atoms with van der Waals surface area (Å²) in [6.45, 7) is 6.63. The van der Waals surface area contributed by atoms with Gasteiger partial charge in [-0.3, -0.25) is 4.79 Å². The van der Waals surface area contributed by atoms with Crippen LogP contribution in [-0.2, 0) is 14.3 Å². The Hall–Kier alpha value is -1.36. The number of carbonyl (C=O) groups is 2. The van der Waals surface area contributed by atoms with Crippen LogP contribution in [0.3, 0.4) is 0 Å². The van der Waals surface area contributed by atoms with E-state index < -0.39 is 5.60 Å². The Bertz CT molecular complexity index is 505. The lowest BCUT2D eigenvalue weighted by Crippen LogP contribution is -2.40. The minimum Gasteiger partial charge on any atom is -0.451 e. The molecule has 0 unspecified atom stereocenters. The second kappa shape index (κ2) is 9.37. The third kappa shape index (κ3) is 5.06. The summed E-state index contributed by atoms with van der Waals surface area (Å²) in [6, 6.07) is 0. The lowest BCUT2D eigenvalue weighted by atomic mass is 9.84. The Morgan fingerprint density at radius 3 is 2.44 bits per heavy atom. The van der Waals surface area contributed by atoms with Crippen molar-refractivity contribution in [3.63, 3.8) is 0 Å². The summed E-state index contributed by atoms with van der Waals surface area (Å²) < 4.78 is 5.72. The molecule has 0 saturated heterocycles. The minimum absolute atomic E-state index is 0.110. The Morgan fingerprint density at radius 1 is 1.16 bits per heavy atom. The zero-order valence-corrected chi connectivity index (χ0v) is 16.2. The van der Waals surface area contributed by atoms with Crippen LogP contribution in [0.2, 0.25) is 0 Å². The molecule has 25 heavy (non-hydrogen) atoms. The lowest BCUT2D eigenvalue weighted by Gasteiger charge is -2.29. The first-order chi connectivity index (χ1) is 12.0. The monoisotopic (exact) mass is 350 g/mol. The van der Waals surface area contributed by atoms with Crippen molar-refractivity contribution in [1.82, 2.24) is 10.2 Å². The van der Waals surface area contributed by atoms with E-state index in [2.05, 4.69) is 24.2 Å². The van der Waals surface area contributed by atoms with Crippen molar-refractivity contribution in [3.8, 4) is 0 Å². The highest BCUT2D eigenvalue weighted by molar-refractivity contribution is 6.07. The molecule has 1 heterocycles. The first-order valence-corrected chi connectivity index (χ1v) is 9.91. The quantitative estimate of drug-likeness (QED) is 0.539. The van der Waals surface area contributed by atoms with E-state index in [1.165, 1.54) is 12.8 Å². The van der Waals surface area contributed by atoms with Crippen LogP contribution in [0.4, 0.5) is 0 Å². The number of ether oxygens (including phenoxy) is 1. The van der Waals surface area contributed by atoms with Crippen molar-refractivity contribution in [2.24, 2.45) is 0 Å². The molecule has 0 bridgehead atoms. The molecule has 142 valence electrons. The van der Waals surface area contributed by atoms with Crippen LogP contribution >= 0.6 is 0 Å². The summed E-state index contributed by atoms with van der Waals surface area (Å²) in [7, 11) is 2.12. The molecule has 1 fully saturated rings. The van der Waals surface area contributed by atoms with E-state index >= 15 is 0 Å². The molecular weight excluding hydrogens is 316 g/mol. The van der Waals surface area contributed by atoms with Crippen LogP contribution < -0.4 is 5.32 Å². The van der Waals surface area contributed by atoms with Crippen LogP contribution in [0.1, 0.15) is 71.6 Å². The molecule has 2 aliphatic rings. The van der Waals surface area contributed by atoms with Gasteiger partial charge < -0.3 is 15.0 Å². The standard InChI is InChI=1S/C20H34N2O3/c1-4-5-14-22(3)15-10-13-21-18(23)17-16(2)19(24)25-20(17)11-8-6-7-9-12-20/h4-15H2,1-3H3,(H,21,23). The molecule has 1 aliphatic carbocycles. The molecule has 0 aromatic heterocycles. The SMILES string of the molecule is CCCCN(C)CCCNC(=O)C1=C(C)C(=O)OC12CCCCCC2. The molecule has 1 amide bonds. The van der Waals surface area contributed by atoms with Gasteiger partial charge in [-0.25, -0.2) is 4.79 Å². The summed E-state index contributed by atoms with van der Waals surface area (Å²) in [4.78, 5) is 27.2. The van der Waals surface area contributed by atoms with E-state index in [1.807, 2.05) is 0 Å². The Balaban J connectivity index is 1.91. The first kappa shape index (κ1) is 20.0. The van der Waals surface area contributed by atoms with E-state index in [9.17, 15) is 9.59 Å². The zero-order chi connectivity index (χ0) is 18.3. The van der Waals surface area contributed by atoms with Gasteiger partial charge in [-0.15, -0.1) is 0 Å². The van der Waals surface area contributed by atoms with E-state index in [0.29, 0.717) is 17.7 Å². The fourth-order valence-corrected chi connectivity index (χ4v) is 3.96. The zero-order valence-electron chi connectivity index (χ0n) is 16.2. The van der Waals surface area contributed by atoms with Gasteiger partial charge in [0.25, 0.3) is 5.91 Å². The molecule has 1 N–H and O–H groups in total. The number of amides is 1. The molecule has 1 saturated carbocycles. The molecule has 2 rings (SSSR count). The van der Waals surface area contributed by atoms with Gasteiger partial charge >= 0.3 is 5.97 Å². The highest BCUT2D eigenvalue weighted by atomic mass is 16.6. The number of nitrogens with zero attached hydrogens (tertiary/aromatic N) is 1. The normalized spacial score (nSPS) is 20.1. The van der Waals surface area contributed by atoms with E-state index in [4.69, 9.17) is 4.74 Å². The highest BCUT2D eigenvalue weighted by Crippen LogP contribution is 2.42.